The first-order valence-corrected chi connectivity index (χ1v) is 6.72. The lowest BCUT2D eigenvalue weighted by Crippen LogP contribution is -2.36. The van der Waals surface area contributed by atoms with Gasteiger partial charge in [-0.05, 0) is 25.7 Å². The third-order valence-electron chi connectivity index (χ3n) is 3.81. The molecular formula is C13H22N4O. The number of aryl methyl sites for hydroxylation is 2. The minimum Gasteiger partial charge on any atom is -0.395 e. The molecule has 1 saturated heterocycles. The summed E-state index contributed by atoms with van der Waals surface area (Å²) in [4.78, 5) is 14.5. The number of likely N-dealkylation sites (tertiary alicyclic amines) is 1. The van der Waals surface area contributed by atoms with Crippen molar-refractivity contribution in [1.82, 2.24) is 14.7 Å². The molecule has 0 aliphatic carbocycles. The fourth-order valence-corrected chi connectivity index (χ4v) is 2.77. The van der Waals surface area contributed by atoms with E-state index in [4.69, 9.17) is 5.73 Å². The van der Waals surface area contributed by atoms with Crippen LogP contribution in [-0.2, 0) is 13.5 Å². The van der Waals surface area contributed by atoms with Gasteiger partial charge in [0.15, 0.2) is 0 Å². The van der Waals surface area contributed by atoms with Gasteiger partial charge in [0.25, 0.3) is 5.91 Å². The molecule has 1 atom stereocenters. The van der Waals surface area contributed by atoms with Gasteiger partial charge in [-0.15, -0.1) is 0 Å². The van der Waals surface area contributed by atoms with Crippen molar-refractivity contribution < 1.29 is 4.79 Å². The van der Waals surface area contributed by atoms with Gasteiger partial charge in [-0.2, -0.15) is 5.10 Å². The maximum Gasteiger partial charge on any atom is 0.274 e. The number of anilines is 1. The zero-order chi connectivity index (χ0) is 13.3. The van der Waals surface area contributed by atoms with Crippen molar-refractivity contribution in [3.05, 3.63) is 11.4 Å². The minimum absolute atomic E-state index is 0.0338. The maximum atomic E-state index is 12.6. The van der Waals surface area contributed by atoms with Crippen LogP contribution in [0, 0.1) is 0 Å². The van der Waals surface area contributed by atoms with Gasteiger partial charge in [0.05, 0.1) is 11.4 Å². The van der Waals surface area contributed by atoms with Crippen molar-refractivity contribution in [3.8, 4) is 0 Å². The summed E-state index contributed by atoms with van der Waals surface area (Å²) in [5, 5.41) is 4.32. The molecule has 0 spiro atoms. The van der Waals surface area contributed by atoms with Gasteiger partial charge in [0, 0.05) is 19.6 Å². The van der Waals surface area contributed by atoms with Crippen LogP contribution in [0.4, 0.5) is 5.69 Å². The lowest BCUT2D eigenvalue weighted by molar-refractivity contribution is 0.0723. The normalized spacial score (nSPS) is 19.5. The SMILES string of the molecule is CCc1nn(C)c(C(=O)N2CCCC2CC)c1N. The summed E-state index contributed by atoms with van der Waals surface area (Å²) in [5.41, 5.74) is 7.95. The fourth-order valence-electron chi connectivity index (χ4n) is 2.77. The van der Waals surface area contributed by atoms with Gasteiger partial charge in [-0.1, -0.05) is 13.8 Å². The van der Waals surface area contributed by atoms with Gasteiger partial charge in [-0.25, -0.2) is 0 Å². The monoisotopic (exact) mass is 250 g/mol. The predicted octanol–water partition coefficient (Wildman–Crippen LogP) is 1.58. The maximum absolute atomic E-state index is 12.6. The number of carbonyl (C=O) groups is 1. The summed E-state index contributed by atoms with van der Waals surface area (Å²) in [7, 11) is 1.79. The molecule has 1 aromatic rings. The third kappa shape index (κ3) is 1.98. The standard InChI is InChI=1S/C13H22N4O/c1-4-9-7-6-8-17(9)13(18)12-11(14)10(5-2)15-16(12)3/h9H,4-8,14H2,1-3H3. The predicted molar refractivity (Wildman–Crippen MR) is 71.3 cm³/mol. The molecule has 1 amide bonds. The Morgan fingerprint density at radius 2 is 2.22 bits per heavy atom. The van der Waals surface area contributed by atoms with E-state index in [1.165, 1.54) is 0 Å². The molecule has 0 saturated carbocycles. The van der Waals surface area contributed by atoms with Crippen LogP contribution in [-0.4, -0.2) is 33.2 Å². The Balaban J connectivity index is 2.31. The van der Waals surface area contributed by atoms with E-state index in [0.29, 0.717) is 17.4 Å². The highest BCUT2D eigenvalue weighted by Gasteiger charge is 2.31. The second kappa shape index (κ2) is 5.00. The van der Waals surface area contributed by atoms with Crippen molar-refractivity contribution in [2.45, 2.75) is 45.6 Å². The van der Waals surface area contributed by atoms with Gasteiger partial charge in [-0.3, -0.25) is 9.48 Å². The van der Waals surface area contributed by atoms with E-state index >= 15 is 0 Å². The van der Waals surface area contributed by atoms with Gasteiger partial charge in [0.1, 0.15) is 5.69 Å². The Morgan fingerprint density at radius 1 is 1.50 bits per heavy atom. The van der Waals surface area contributed by atoms with Crippen LogP contribution in [0.25, 0.3) is 0 Å². The average molecular weight is 250 g/mol. The highest BCUT2D eigenvalue weighted by Crippen LogP contribution is 2.25. The molecule has 18 heavy (non-hydrogen) atoms. The van der Waals surface area contributed by atoms with Crippen molar-refractivity contribution in [2.75, 3.05) is 12.3 Å². The molecule has 100 valence electrons. The van der Waals surface area contributed by atoms with Crippen LogP contribution in [0.15, 0.2) is 0 Å². The van der Waals surface area contributed by atoms with Crippen molar-refractivity contribution in [3.63, 3.8) is 0 Å². The van der Waals surface area contributed by atoms with Crippen LogP contribution in [0.3, 0.4) is 0 Å². The zero-order valence-electron chi connectivity index (χ0n) is 11.4. The quantitative estimate of drug-likeness (QED) is 0.885. The Hall–Kier alpha value is -1.52. The Bertz CT molecular complexity index is 452. The van der Waals surface area contributed by atoms with Gasteiger partial charge >= 0.3 is 0 Å². The molecule has 5 nitrogen and oxygen atoms in total. The Kier molecular flexibility index (Phi) is 3.59. The van der Waals surface area contributed by atoms with E-state index in [1.807, 2.05) is 11.8 Å². The summed E-state index contributed by atoms with van der Waals surface area (Å²) >= 11 is 0. The molecule has 1 aromatic heterocycles. The number of hydrogen-bond acceptors (Lipinski definition) is 3. The molecule has 1 unspecified atom stereocenters. The number of nitrogen functional groups attached to an aromatic ring is 1. The van der Waals surface area contributed by atoms with Crippen LogP contribution >= 0.6 is 0 Å². The zero-order valence-corrected chi connectivity index (χ0v) is 11.4. The largest absolute Gasteiger partial charge is 0.395 e. The van der Waals surface area contributed by atoms with E-state index < -0.39 is 0 Å². The van der Waals surface area contributed by atoms with E-state index in [0.717, 1.165) is 37.9 Å². The highest BCUT2D eigenvalue weighted by atomic mass is 16.2. The molecule has 1 fully saturated rings. The molecule has 2 heterocycles. The van der Waals surface area contributed by atoms with Crippen LogP contribution in [0.5, 0.6) is 0 Å². The van der Waals surface area contributed by atoms with E-state index in [-0.39, 0.29) is 5.91 Å². The van der Waals surface area contributed by atoms with E-state index in [9.17, 15) is 4.79 Å². The molecule has 1 aliphatic heterocycles. The first-order chi connectivity index (χ1) is 8.60. The summed E-state index contributed by atoms with van der Waals surface area (Å²) in [6.45, 7) is 4.96. The number of hydrogen-bond donors (Lipinski definition) is 1. The smallest absolute Gasteiger partial charge is 0.274 e. The molecule has 1 aliphatic rings. The molecular weight excluding hydrogens is 228 g/mol. The highest BCUT2D eigenvalue weighted by molar-refractivity contribution is 5.98. The topological polar surface area (TPSA) is 64.2 Å². The van der Waals surface area contributed by atoms with E-state index in [1.54, 1.807) is 11.7 Å². The molecule has 5 heteroatoms. The van der Waals surface area contributed by atoms with Crippen molar-refractivity contribution in [1.29, 1.82) is 0 Å². The Morgan fingerprint density at radius 3 is 2.78 bits per heavy atom. The number of rotatable bonds is 3. The summed E-state index contributed by atoms with van der Waals surface area (Å²) < 4.78 is 1.63. The molecule has 2 N–H and O–H groups in total. The van der Waals surface area contributed by atoms with Crippen LogP contribution < -0.4 is 5.73 Å². The third-order valence-corrected chi connectivity index (χ3v) is 3.81. The first-order valence-electron chi connectivity index (χ1n) is 6.72. The minimum atomic E-state index is 0.0338. The average Bonchev–Trinajstić information content (AvgIpc) is 2.93. The molecule has 0 bridgehead atoms. The fraction of sp³-hybridized carbons (Fsp3) is 0.692. The van der Waals surface area contributed by atoms with Crippen molar-refractivity contribution in [2.24, 2.45) is 7.05 Å². The van der Waals surface area contributed by atoms with Crippen molar-refractivity contribution >= 4 is 11.6 Å². The molecule has 2 rings (SSSR count). The van der Waals surface area contributed by atoms with Crippen LogP contribution in [0.2, 0.25) is 0 Å². The first kappa shape index (κ1) is 12.9. The van der Waals surface area contributed by atoms with E-state index in [2.05, 4.69) is 12.0 Å². The number of aromatic nitrogens is 2. The summed E-state index contributed by atoms with van der Waals surface area (Å²) in [5.74, 6) is 0.0338. The summed E-state index contributed by atoms with van der Waals surface area (Å²) in [6.07, 6.45) is 3.94. The Labute approximate surface area is 108 Å². The number of nitrogens with two attached hydrogens (primary N) is 1. The summed E-state index contributed by atoms with van der Waals surface area (Å²) in [6, 6.07) is 0.358. The second-order valence-corrected chi connectivity index (χ2v) is 4.89. The lowest BCUT2D eigenvalue weighted by Gasteiger charge is -2.23. The molecule has 0 radical (unpaired) electrons. The van der Waals surface area contributed by atoms with Gasteiger partial charge < -0.3 is 10.6 Å². The second-order valence-electron chi connectivity index (χ2n) is 4.89. The van der Waals surface area contributed by atoms with Crippen LogP contribution in [0.1, 0.15) is 49.3 Å². The lowest BCUT2D eigenvalue weighted by atomic mass is 10.1. The number of carbonyl (C=O) groups excluding carboxylic acids is 1. The number of nitrogens with zero attached hydrogens (tertiary/aromatic N) is 3. The van der Waals surface area contributed by atoms with Gasteiger partial charge in [0.2, 0.25) is 0 Å². The molecule has 0 aromatic carbocycles. The number of amides is 1.